The van der Waals surface area contributed by atoms with E-state index in [-0.39, 0.29) is 4.90 Å². The van der Waals surface area contributed by atoms with Gasteiger partial charge < -0.3 is 0 Å². The van der Waals surface area contributed by atoms with Crippen molar-refractivity contribution in [2.45, 2.75) is 11.8 Å². The third-order valence-electron chi connectivity index (χ3n) is 1.72. The minimum absolute atomic E-state index is 0.0742. The lowest BCUT2D eigenvalue weighted by Crippen LogP contribution is -2.13. The number of Topliss-reactive ketones (excluding diaryl/α,β-unsaturated/α-hetero) is 1. The van der Waals surface area contributed by atoms with E-state index in [9.17, 15) is 13.2 Å². The minimum Gasteiger partial charge on any atom is -0.299 e. The van der Waals surface area contributed by atoms with E-state index < -0.39 is 21.4 Å². The predicted octanol–water partition coefficient (Wildman–Crippen LogP) is 1.71. The number of sulfone groups is 1. The molecule has 0 fully saturated rings. The van der Waals surface area contributed by atoms with Gasteiger partial charge in [-0.1, -0.05) is 0 Å². The molecule has 0 atom stereocenters. The first-order valence-corrected chi connectivity index (χ1v) is 5.80. The van der Waals surface area contributed by atoms with Crippen LogP contribution >= 0.6 is 0 Å². The Morgan fingerprint density at radius 2 is 1.87 bits per heavy atom. The molecule has 0 aliphatic heterocycles. The first-order chi connectivity index (χ1) is 6.95. The van der Waals surface area contributed by atoms with Crippen LogP contribution < -0.4 is 0 Å². The van der Waals surface area contributed by atoms with Gasteiger partial charge in [0.25, 0.3) is 0 Å². The summed E-state index contributed by atoms with van der Waals surface area (Å²) in [7, 11) is -3.54. The molecular weight excluding hydrogens is 216 g/mol. The topological polar surface area (TPSA) is 87.4 Å². The number of benzene rings is 1. The molecule has 0 radical (unpaired) electrons. The average molecular weight is 226 g/mol. The zero-order chi connectivity index (χ0) is 11.5. The fourth-order valence-electron chi connectivity index (χ4n) is 1.08. The van der Waals surface area contributed by atoms with Gasteiger partial charge in [0.05, 0.1) is 10.6 Å². The monoisotopic (exact) mass is 226 g/mol. The van der Waals surface area contributed by atoms with Crippen LogP contribution in [0.4, 0.5) is 5.69 Å². The van der Waals surface area contributed by atoms with Crippen molar-refractivity contribution < 1.29 is 13.2 Å². The Labute approximate surface area is 87.5 Å². The van der Waals surface area contributed by atoms with Gasteiger partial charge in [-0.3, -0.25) is 4.79 Å². The second-order valence-corrected chi connectivity index (χ2v) is 5.06. The lowest BCUT2D eigenvalue weighted by Gasteiger charge is -2.01. The fraction of sp³-hybridized carbons (Fsp3) is 0.222. The molecule has 1 aromatic carbocycles. The molecule has 0 saturated heterocycles. The Morgan fingerprint density at radius 3 is 2.27 bits per heavy atom. The van der Waals surface area contributed by atoms with Gasteiger partial charge in [0.15, 0.2) is 9.84 Å². The second-order valence-electron chi connectivity index (χ2n) is 3.07. The van der Waals surface area contributed by atoms with Crippen LogP contribution in [0.15, 0.2) is 34.3 Å². The van der Waals surface area contributed by atoms with Crippen LogP contribution in [-0.4, -0.2) is 20.0 Å². The molecule has 0 spiro atoms. The minimum atomic E-state index is -3.54. The van der Waals surface area contributed by atoms with E-state index >= 15 is 0 Å². The molecule has 1 aromatic rings. The first-order valence-electron chi connectivity index (χ1n) is 4.15. The summed E-state index contributed by atoms with van der Waals surface area (Å²) in [4.78, 5) is 10.8. The molecule has 5 nitrogen and oxygen atoms in total. The number of ketones is 1. The molecule has 0 saturated carbocycles. The summed E-state index contributed by atoms with van der Waals surface area (Å²) >= 11 is 0. The van der Waals surface area contributed by atoms with Gasteiger partial charge in [-0.15, -0.1) is 0 Å². The molecule has 0 heterocycles. The molecule has 1 rings (SSSR count). The summed E-state index contributed by atoms with van der Waals surface area (Å²) in [5, 5.41) is 3.14. The fourth-order valence-corrected chi connectivity index (χ4v) is 2.33. The molecule has 1 N–H and O–H groups in total. The van der Waals surface area contributed by atoms with E-state index in [1.54, 1.807) is 0 Å². The number of hydrogen-bond acceptors (Lipinski definition) is 5. The van der Waals surface area contributed by atoms with Crippen molar-refractivity contribution in [3.05, 3.63) is 24.3 Å². The van der Waals surface area contributed by atoms with E-state index in [1.165, 1.54) is 31.2 Å². The smallest absolute Gasteiger partial charge is 0.185 e. The van der Waals surface area contributed by atoms with Crippen LogP contribution in [0.5, 0.6) is 0 Å². The maximum atomic E-state index is 11.5. The van der Waals surface area contributed by atoms with Crippen molar-refractivity contribution >= 4 is 21.3 Å². The zero-order valence-electron chi connectivity index (χ0n) is 8.10. The Kier molecular flexibility index (Phi) is 3.31. The highest BCUT2D eigenvalue weighted by atomic mass is 32.2. The van der Waals surface area contributed by atoms with Crippen LogP contribution in [0, 0.1) is 5.53 Å². The molecule has 0 aliphatic rings. The molecular formula is C9H10N2O3S. The number of nitrogens with one attached hydrogen (secondary N) is 1. The Bertz CT molecular complexity index is 477. The Balaban J connectivity index is 3.06. The first kappa shape index (κ1) is 11.5. The SMILES string of the molecule is CC(=O)CS(=O)(=O)c1ccc(N=N)cc1. The number of carbonyl (C=O) groups excluding carboxylic acids is 1. The largest absolute Gasteiger partial charge is 0.299 e. The van der Waals surface area contributed by atoms with Crippen molar-refractivity contribution in [3.63, 3.8) is 0 Å². The highest BCUT2D eigenvalue weighted by molar-refractivity contribution is 7.92. The Morgan fingerprint density at radius 1 is 1.33 bits per heavy atom. The molecule has 0 bridgehead atoms. The number of hydrogen-bond donors (Lipinski definition) is 1. The molecule has 6 heteroatoms. The van der Waals surface area contributed by atoms with Gasteiger partial charge in [0.2, 0.25) is 0 Å². The second kappa shape index (κ2) is 4.31. The third-order valence-corrected chi connectivity index (χ3v) is 3.50. The van der Waals surface area contributed by atoms with Crippen LogP contribution in [0.2, 0.25) is 0 Å². The van der Waals surface area contributed by atoms with Gasteiger partial charge >= 0.3 is 0 Å². The van der Waals surface area contributed by atoms with Gasteiger partial charge in [-0.05, 0) is 31.2 Å². The van der Waals surface area contributed by atoms with E-state index in [0.717, 1.165) is 0 Å². The van der Waals surface area contributed by atoms with Crippen LogP contribution in [-0.2, 0) is 14.6 Å². The number of rotatable bonds is 4. The van der Waals surface area contributed by atoms with Crippen molar-refractivity contribution in [1.82, 2.24) is 0 Å². The van der Waals surface area contributed by atoms with E-state index in [1.807, 2.05) is 0 Å². The summed E-state index contributed by atoms with van der Waals surface area (Å²) in [6.07, 6.45) is 0. The molecule has 80 valence electrons. The lowest BCUT2D eigenvalue weighted by molar-refractivity contribution is -0.114. The standard InChI is InChI=1S/C9H10N2O3S/c1-7(12)6-15(13,14)9-4-2-8(11-10)3-5-9/h2-5,10H,6H2,1H3. The lowest BCUT2D eigenvalue weighted by atomic mass is 10.3. The molecule has 0 amide bonds. The predicted molar refractivity (Wildman–Crippen MR) is 54.0 cm³/mol. The van der Waals surface area contributed by atoms with Crippen molar-refractivity contribution in [2.24, 2.45) is 5.11 Å². The van der Waals surface area contributed by atoms with Crippen molar-refractivity contribution in [1.29, 1.82) is 5.53 Å². The normalized spacial score (nSPS) is 11.0. The van der Waals surface area contributed by atoms with Gasteiger partial charge in [-0.25, -0.2) is 13.9 Å². The van der Waals surface area contributed by atoms with E-state index in [0.29, 0.717) is 5.69 Å². The summed E-state index contributed by atoms with van der Waals surface area (Å²) < 4.78 is 23.1. The van der Waals surface area contributed by atoms with E-state index in [2.05, 4.69) is 5.11 Å². The molecule has 0 aromatic heterocycles. The number of nitrogens with zero attached hydrogens (tertiary/aromatic N) is 1. The van der Waals surface area contributed by atoms with Gasteiger partial charge in [0.1, 0.15) is 11.5 Å². The zero-order valence-corrected chi connectivity index (χ0v) is 8.91. The van der Waals surface area contributed by atoms with Gasteiger partial charge in [-0.2, -0.15) is 5.11 Å². The molecule has 0 aliphatic carbocycles. The van der Waals surface area contributed by atoms with Crippen LogP contribution in [0.25, 0.3) is 0 Å². The third kappa shape index (κ3) is 2.95. The van der Waals surface area contributed by atoms with Crippen molar-refractivity contribution in [2.75, 3.05) is 5.75 Å². The highest BCUT2D eigenvalue weighted by Gasteiger charge is 2.16. The van der Waals surface area contributed by atoms with Crippen LogP contribution in [0.1, 0.15) is 6.92 Å². The Hall–Kier alpha value is -1.56. The molecule has 0 unspecified atom stereocenters. The average Bonchev–Trinajstić information content (AvgIpc) is 2.16. The quantitative estimate of drug-likeness (QED) is 0.793. The summed E-state index contributed by atoms with van der Waals surface area (Å²) in [6.45, 7) is 1.23. The van der Waals surface area contributed by atoms with Crippen LogP contribution in [0.3, 0.4) is 0 Å². The summed E-state index contributed by atoms with van der Waals surface area (Å²) in [5.41, 5.74) is 7.08. The summed E-state index contributed by atoms with van der Waals surface area (Å²) in [5.74, 6) is -0.895. The highest BCUT2D eigenvalue weighted by Crippen LogP contribution is 2.17. The van der Waals surface area contributed by atoms with E-state index in [4.69, 9.17) is 5.53 Å². The van der Waals surface area contributed by atoms with Gasteiger partial charge in [0, 0.05) is 0 Å². The maximum absolute atomic E-state index is 11.5. The van der Waals surface area contributed by atoms with Crippen molar-refractivity contribution in [3.8, 4) is 0 Å². The molecule has 15 heavy (non-hydrogen) atoms. The summed E-state index contributed by atoms with van der Waals surface area (Å²) in [6, 6.07) is 5.51. The maximum Gasteiger partial charge on any atom is 0.185 e. The number of carbonyl (C=O) groups is 1.